The molecule has 104 valence electrons. The standard InChI is InChI=1S/C17H20N2S/c1-14-8-12-19(13-9-15-6-10-18-11-7-15)16-4-2-3-5-17(16)20-14/h2-7,10-11,14H,8-9,12-13H2,1H3. The predicted molar refractivity (Wildman–Crippen MR) is 86.5 cm³/mol. The lowest BCUT2D eigenvalue weighted by atomic mass is 10.1. The highest BCUT2D eigenvalue weighted by molar-refractivity contribution is 8.00. The molecule has 1 aliphatic rings. The van der Waals surface area contributed by atoms with E-state index < -0.39 is 0 Å². The van der Waals surface area contributed by atoms with Gasteiger partial charge in [0.15, 0.2) is 0 Å². The maximum atomic E-state index is 4.08. The van der Waals surface area contributed by atoms with Crippen molar-refractivity contribution in [2.24, 2.45) is 0 Å². The van der Waals surface area contributed by atoms with Gasteiger partial charge in [-0.25, -0.2) is 0 Å². The number of benzene rings is 1. The number of anilines is 1. The number of hydrogen-bond donors (Lipinski definition) is 0. The zero-order valence-corrected chi connectivity index (χ0v) is 12.6. The van der Waals surface area contributed by atoms with Gasteiger partial charge >= 0.3 is 0 Å². The van der Waals surface area contributed by atoms with Crippen molar-refractivity contribution < 1.29 is 0 Å². The smallest absolute Gasteiger partial charge is 0.0504 e. The molecule has 1 unspecified atom stereocenters. The highest BCUT2D eigenvalue weighted by Gasteiger charge is 2.18. The second-order valence-electron chi connectivity index (χ2n) is 5.28. The third-order valence-corrected chi connectivity index (χ3v) is 5.00. The molecule has 0 N–H and O–H groups in total. The summed E-state index contributed by atoms with van der Waals surface area (Å²) >= 11 is 2.01. The minimum atomic E-state index is 0.696. The summed E-state index contributed by atoms with van der Waals surface area (Å²) in [5.41, 5.74) is 2.76. The van der Waals surface area contributed by atoms with Gasteiger partial charge in [0.05, 0.1) is 5.69 Å². The van der Waals surface area contributed by atoms with Crippen molar-refractivity contribution in [1.82, 2.24) is 4.98 Å². The number of fused-ring (bicyclic) bond motifs is 1. The summed E-state index contributed by atoms with van der Waals surface area (Å²) in [7, 11) is 0. The van der Waals surface area contributed by atoms with Gasteiger partial charge in [-0.2, -0.15) is 0 Å². The molecule has 1 aliphatic heterocycles. The van der Waals surface area contributed by atoms with Crippen molar-refractivity contribution in [3.05, 3.63) is 54.4 Å². The lowest BCUT2D eigenvalue weighted by molar-refractivity contribution is 0.723. The molecule has 0 saturated heterocycles. The molecule has 1 aromatic carbocycles. The molecule has 2 heterocycles. The first kappa shape index (κ1) is 13.5. The Bertz CT molecular complexity index is 556. The lowest BCUT2D eigenvalue weighted by Crippen LogP contribution is -2.27. The Kier molecular flexibility index (Phi) is 4.26. The van der Waals surface area contributed by atoms with Crippen LogP contribution in [0.25, 0.3) is 0 Å². The van der Waals surface area contributed by atoms with Crippen LogP contribution in [-0.4, -0.2) is 23.3 Å². The van der Waals surface area contributed by atoms with Crippen LogP contribution in [0, 0.1) is 0 Å². The van der Waals surface area contributed by atoms with Crippen LogP contribution in [-0.2, 0) is 6.42 Å². The number of pyridine rings is 1. The number of nitrogens with zero attached hydrogens (tertiary/aromatic N) is 2. The summed E-state index contributed by atoms with van der Waals surface area (Å²) in [6.45, 7) is 4.55. The maximum absolute atomic E-state index is 4.08. The Balaban J connectivity index is 1.76. The van der Waals surface area contributed by atoms with E-state index in [1.165, 1.54) is 22.6 Å². The zero-order chi connectivity index (χ0) is 13.8. The molecule has 3 heteroatoms. The van der Waals surface area contributed by atoms with Gasteiger partial charge in [-0.15, -0.1) is 11.8 Å². The molecule has 1 atom stereocenters. The van der Waals surface area contributed by atoms with E-state index in [-0.39, 0.29) is 0 Å². The summed E-state index contributed by atoms with van der Waals surface area (Å²) < 4.78 is 0. The van der Waals surface area contributed by atoms with Crippen LogP contribution in [0.3, 0.4) is 0 Å². The number of aromatic nitrogens is 1. The molecule has 0 saturated carbocycles. The summed E-state index contributed by atoms with van der Waals surface area (Å²) in [4.78, 5) is 8.04. The highest BCUT2D eigenvalue weighted by atomic mass is 32.2. The summed E-state index contributed by atoms with van der Waals surface area (Å²) in [6, 6.07) is 13.0. The zero-order valence-electron chi connectivity index (χ0n) is 11.8. The van der Waals surface area contributed by atoms with Gasteiger partial charge in [0.25, 0.3) is 0 Å². The first-order valence-corrected chi connectivity index (χ1v) is 8.10. The van der Waals surface area contributed by atoms with Gasteiger partial charge in [-0.05, 0) is 42.7 Å². The number of para-hydroxylation sites is 1. The molecule has 1 aromatic heterocycles. The van der Waals surface area contributed by atoms with E-state index in [1.807, 2.05) is 24.2 Å². The Morgan fingerprint density at radius 2 is 2.00 bits per heavy atom. The quantitative estimate of drug-likeness (QED) is 0.847. The van der Waals surface area contributed by atoms with Crippen LogP contribution < -0.4 is 4.90 Å². The number of rotatable bonds is 3. The molecule has 2 nitrogen and oxygen atoms in total. The van der Waals surface area contributed by atoms with E-state index in [2.05, 4.69) is 53.2 Å². The average Bonchev–Trinajstić information content (AvgIpc) is 2.65. The van der Waals surface area contributed by atoms with Gasteiger partial charge in [0.1, 0.15) is 0 Å². The minimum Gasteiger partial charge on any atom is -0.370 e. The van der Waals surface area contributed by atoms with Crippen molar-refractivity contribution in [2.75, 3.05) is 18.0 Å². The topological polar surface area (TPSA) is 16.1 Å². The SMILES string of the molecule is CC1CCN(CCc2ccncc2)c2ccccc2S1. The van der Waals surface area contributed by atoms with Crippen LogP contribution in [0.5, 0.6) is 0 Å². The van der Waals surface area contributed by atoms with Gasteiger partial charge in [-0.3, -0.25) is 4.98 Å². The molecular weight excluding hydrogens is 264 g/mol. The van der Waals surface area contributed by atoms with Crippen LogP contribution in [0.4, 0.5) is 5.69 Å². The monoisotopic (exact) mass is 284 g/mol. The molecule has 0 bridgehead atoms. The van der Waals surface area contributed by atoms with Crippen LogP contribution >= 0.6 is 11.8 Å². The molecule has 0 amide bonds. The number of thioether (sulfide) groups is 1. The molecule has 0 spiro atoms. The highest BCUT2D eigenvalue weighted by Crippen LogP contribution is 2.37. The van der Waals surface area contributed by atoms with Gasteiger partial charge in [0, 0.05) is 35.6 Å². The number of hydrogen-bond acceptors (Lipinski definition) is 3. The first-order valence-electron chi connectivity index (χ1n) is 7.22. The van der Waals surface area contributed by atoms with E-state index in [1.54, 1.807) is 0 Å². The third-order valence-electron chi connectivity index (χ3n) is 3.76. The van der Waals surface area contributed by atoms with E-state index in [4.69, 9.17) is 0 Å². The summed E-state index contributed by atoms with van der Waals surface area (Å²) in [5.74, 6) is 0. The van der Waals surface area contributed by atoms with Crippen molar-refractivity contribution in [1.29, 1.82) is 0 Å². The molecule has 0 aliphatic carbocycles. The molecule has 20 heavy (non-hydrogen) atoms. The second kappa shape index (κ2) is 6.31. The predicted octanol–water partition coefficient (Wildman–Crippen LogP) is 4.02. The maximum Gasteiger partial charge on any atom is 0.0504 e. The van der Waals surface area contributed by atoms with Crippen molar-refractivity contribution in [3.8, 4) is 0 Å². The van der Waals surface area contributed by atoms with Crippen molar-refractivity contribution >= 4 is 17.4 Å². The average molecular weight is 284 g/mol. The molecule has 3 rings (SSSR count). The van der Waals surface area contributed by atoms with Crippen molar-refractivity contribution in [2.45, 2.75) is 29.9 Å². The fraction of sp³-hybridized carbons (Fsp3) is 0.353. The Labute approximate surface area is 125 Å². The van der Waals surface area contributed by atoms with Crippen LogP contribution in [0.15, 0.2) is 53.7 Å². The van der Waals surface area contributed by atoms with E-state index in [0.29, 0.717) is 5.25 Å². The molecule has 0 radical (unpaired) electrons. The fourth-order valence-electron chi connectivity index (χ4n) is 2.60. The Morgan fingerprint density at radius 3 is 2.85 bits per heavy atom. The van der Waals surface area contributed by atoms with Gasteiger partial charge in [0.2, 0.25) is 0 Å². The fourth-order valence-corrected chi connectivity index (χ4v) is 3.73. The van der Waals surface area contributed by atoms with E-state index >= 15 is 0 Å². The molecule has 2 aromatic rings. The van der Waals surface area contributed by atoms with Crippen LogP contribution in [0.1, 0.15) is 18.9 Å². The van der Waals surface area contributed by atoms with Gasteiger partial charge < -0.3 is 4.90 Å². The molecule has 0 fully saturated rings. The van der Waals surface area contributed by atoms with Gasteiger partial charge in [-0.1, -0.05) is 19.1 Å². The van der Waals surface area contributed by atoms with E-state index in [0.717, 1.165) is 19.5 Å². The first-order chi connectivity index (χ1) is 9.83. The Morgan fingerprint density at radius 1 is 1.20 bits per heavy atom. The second-order valence-corrected chi connectivity index (χ2v) is 6.76. The largest absolute Gasteiger partial charge is 0.370 e. The van der Waals surface area contributed by atoms with Crippen molar-refractivity contribution in [3.63, 3.8) is 0 Å². The van der Waals surface area contributed by atoms with E-state index in [9.17, 15) is 0 Å². The normalized spacial score (nSPS) is 18.4. The lowest BCUT2D eigenvalue weighted by Gasteiger charge is -2.24. The molecular formula is C17H20N2S. The minimum absolute atomic E-state index is 0.696. The summed E-state index contributed by atoms with van der Waals surface area (Å²) in [5, 5.41) is 0.696. The third kappa shape index (κ3) is 3.15. The summed E-state index contributed by atoms with van der Waals surface area (Å²) in [6.07, 6.45) is 6.08. The van der Waals surface area contributed by atoms with Crippen LogP contribution in [0.2, 0.25) is 0 Å². The Hall–Kier alpha value is -1.48.